The topological polar surface area (TPSA) is 61.9 Å². The lowest BCUT2D eigenvalue weighted by Gasteiger charge is -2.19. The smallest absolute Gasteiger partial charge is 0.297 e. The van der Waals surface area contributed by atoms with Gasteiger partial charge in [-0.25, -0.2) is 4.98 Å². The monoisotopic (exact) mass is 272 g/mol. The number of anilines is 1. The Balaban J connectivity index is 2.24. The molecule has 0 fully saturated rings. The van der Waals surface area contributed by atoms with Crippen LogP contribution < -0.4 is 4.90 Å². The predicted molar refractivity (Wildman–Crippen MR) is 78.9 cm³/mol. The van der Waals surface area contributed by atoms with E-state index in [-0.39, 0.29) is 11.7 Å². The van der Waals surface area contributed by atoms with Gasteiger partial charge in [-0.3, -0.25) is 9.89 Å². The number of aryl methyl sites for hydroxylation is 2. The summed E-state index contributed by atoms with van der Waals surface area (Å²) in [6, 6.07) is 7.87. The lowest BCUT2D eigenvalue weighted by molar-refractivity contribution is 0.0978. The van der Waals surface area contributed by atoms with Crippen LogP contribution in [0.2, 0.25) is 0 Å². The summed E-state index contributed by atoms with van der Waals surface area (Å²) in [4.78, 5) is 18.4. The molecule has 5 nitrogen and oxygen atoms in total. The first-order chi connectivity index (χ1) is 9.65. The van der Waals surface area contributed by atoms with E-state index in [4.69, 9.17) is 0 Å². The zero-order chi connectivity index (χ0) is 14.5. The number of rotatable bonds is 5. The number of nitrogens with zero attached hydrogens (tertiary/aromatic N) is 3. The number of carbonyl (C=O) groups is 1. The quantitative estimate of drug-likeness (QED) is 0.910. The van der Waals surface area contributed by atoms with Crippen LogP contribution in [0.25, 0.3) is 0 Å². The molecule has 0 atom stereocenters. The van der Waals surface area contributed by atoms with Gasteiger partial charge < -0.3 is 4.90 Å². The Kier molecular flexibility index (Phi) is 4.50. The lowest BCUT2D eigenvalue weighted by Crippen LogP contribution is -2.31. The van der Waals surface area contributed by atoms with Crippen LogP contribution in [0.1, 0.15) is 42.3 Å². The predicted octanol–water partition coefficient (Wildman–Crippen LogP) is 2.73. The van der Waals surface area contributed by atoms with E-state index < -0.39 is 0 Å². The Hall–Kier alpha value is -2.17. The molecule has 20 heavy (non-hydrogen) atoms. The van der Waals surface area contributed by atoms with E-state index in [0.717, 1.165) is 29.9 Å². The normalized spacial score (nSPS) is 10.6. The first kappa shape index (κ1) is 14.2. The van der Waals surface area contributed by atoms with E-state index >= 15 is 0 Å². The van der Waals surface area contributed by atoms with Crippen molar-refractivity contribution in [2.75, 3.05) is 11.4 Å². The molecule has 0 bridgehead atoms. The van der Waals surface area contributed by atoms with E-state index in [1.165, 1.54) is 0 Å². The zero-order valence-electron chi connectivity index (χ0n) is 12.2. The molecule has 1 N–H and O–H groups in total. The molecule has 2 aromatic rings. The zero-order valence-corrected chi connectivity index (χ0v) is 12.2. The highest BCUT2D eigenvalue weighted by Gasteiger charge is 2.20. The van der Waals surface area contributed by atoms with E-state index in [9.17, 15) is 4.79 Å². The Bertz CT molecular complexity index is 591. The largest absolute Gasteiger partial charge is 0.306 e. The van der Waals surface area contributed by atoms with Crippen LogP contribution >= 0.6 is 0 Å². The minimum absolute atomic E-state index is 0.170. The highest BCUT2D eigenvalue weighted by atomic mass is 16.2. The molecule has 0 unspecified atom stereocenters. The van der Waals surface area contributed by atoms with Crippen LogP contribution in [0.5, 0.6) is 0 Å². The molecule has 0 aliphatic rings. The van der Waals surface area contributed by atoms with Gasteiger partial charge in [-0.1, -0.05) is 19.1 Å². The maximum Gasteiger partial charge on any atom is 0.297 e. The average molecular weight is 272 g/mol. The number of H-pyrrole nitrogens is 1. The summed E-state index contributed by atoms with van der Waals surface area (Å²) in [5.74, 6) is 0.824. The molecule has 0 aliphatic heterocycles. The third kappa shape index (κ3) is 3.04. The molecule has 2 rings (SSSR count). The fourth-order valence-corrected chi connectivity index (χ4v) is 2.10. The average Bonchev–Trinajstić information content (AvgIpc) is 2.89. The molecule has 1 amide bonds. The molecule has 0 radical (unpaired) electrons. The third-order valence-electron chi connectivity index (χ3n) is 3.08. The molecular weight excluding hydrogens is 252 g/mol. The molecule has 106 valence electrons. The first-order valence-corrected chi connectivity index (χ1v) is 6.95. The van der Waals surface area contributed by atoms with Crippen LogP contribution in [0, 0.1) is 6.92 Å². The third-order valence-corrected chi connectivity index (χ3v) is 3.08. The fraction of sp³-hybridized carbons (Fsp3) is 0.400. The van der Waals surface area contributed by atoms with E-state index in [2.05, 4.69) is 22.1 Å². The minimum Gasteiger partial charge on any atom is -0.306 e. The molecule has 5 heteroatoms. The van der Waals surface area contributed by atoms with Crippen molar-refractivity contribution in [2.24, 2.45) is 0 Å². The summed E-state index contributed by atoms with van der Waals surface area (Å²) in [6.07, 6.45) is 1.77. The van der Waals surface area contributed by atoms with Crippen LogP contribution in [0.4, 0.5) is 5.69 Å². The molecular formula is C15H20N4O. The van der Waals surface area contributed by atoms with Crippen molar-refractivity contribution in [2.45, 2.75) is 33.6 Å². The van der Waals surface area contributed by atoms with E-state index in [0.29, 0.717) is 6.54 Å². The number of carbonyl (C=O) groups excluding carboxylic acids is 1. The van der Waals surface area contributed by atoms with Gasteiger partial charge in [0.25, 0.3) is 5.91 Å². The number of nitrogens with one attached hydrogen (secondary N) is 1. The van der Waals surface area contributed by atoms with Crippen LogP contribution in [0.3, 0.4) is 0 Å². The van der Waals surface area contributed by atoms with Crippen LogP contribution in [-0.4, -0.2) is 27.6 Å². The van der Waals surface area contributed by atoms with Crippen molar-refractivity contribution in [3.63, 3.8) is 0 Å². The summed E-state index contributed by atoms with van der Waals surface area (Å²) in [5, 5.41) is 6.84. The van der Waals surface area contributed by atoms with Crippen molar-refractivity contribution >= 4 is 11.6 Å². The highest BCUT2D eigenvalue weighted by molar-refractivity contribution is 6.03. The maximum atomic E-state index is 12.5. The first-order valence-electron chi connectivity index (χ1n) is 6.95. The van der Waals surface area contributed by atoms with Crippen LogP contribution in [0.15, 0.2) is 24.3 Å². The number of amides is 1. The van der Waals surface area contributed by atoms with E-state index in [1.54, 1.807) is 4.90 Å². The number of hydrogen-bond acceptors (Lipinski definition) is 3. The van der Waals surface area contributed by atoms with Gasteiger partial charge >= 0.3 is 0 Å². The molecule has 0 saturated carbocycles. The fourth-order valence-electron chi connectivity index (χ4n) is 2.10. The second kappa shape index (κ2) is 6.32. The molecule has 1 aromatic carbocycles. The van der Waals surface area contributed by atoms with Gasteiger partial charge in [0, 0.05) is 18.7 Å². The SMILES string of the molecule is CCCc1nc(C(=O)N(CC)c2cccc(C)c2)n[nH]1. The molecule has 1 aromatic heterocycles. The van der Waals surface area contributed by atoms with Crippen molar-refractivity contribution in [1.82, 2.24) is 15.2 Å². The van der Waals surface area contributed by atoms with Gasteiger partial charge in [0.15, 0.2) is 0 Å². The summed E-state index contributed by atoms with van der Waals surface area (Å²) in [5.41, 5.74) is 2.00. The van der Waals surface area contributed by atoms with Crippen molar-refractivity contribution < 1.29 is 4.79 Å². The molecule has 0 saturated heterocycles. The second-order valence-corrected chi connectivity index (χ2v) is 4.74. The van der Waals surface area contributed by atoms with Gasteiger partial charge in [-0.2, -0.15) is 0 Å². The summed E-state index contributed by atoms with van der Waals surface area (Å²) in [7, 11) is 0. The molecule has 0 spiro atoms. The van der Waals surface area contributed by atoms with Gasteiger partial charge in [0.1, 0.15) is 5.82 Å². The Morgan fingerprint density at radius 1 is 1.35 bits per heavy atom. The Morgan fingerprint density at radius 3 is 2.80 bits per heavy atom. The molecule has 0 aliphatic carbocycles. The number of aromatic nitrogens is 3. The Morgan fingerprint density at radius 2 is 2.15 bits per heavy atom. The van der Waals surface area contributed by atoms with Crippen LogP contribution in [-0.2, 0) is 6.42 Å². The van der Waals surface area contributed by atoms with Gasteiger partial charge in [0.05, 0.1) is 0 Å². The lowest BCUT2D eigenvalue weighted by atomic mass is 10.2. The maximum absolute atomic E-state index is 12.5. The summed E-state index contributed by atoms with van der Waals surface area (Å²) in [6.45, 7) is 6.60. The van der Waals surface area contributed by atoms with E-state index in [1.807, 2.05) is 38.1 Å². The minimum atomic E-state index is -0.170. The standard InChI is InChI=1S/C15H20N4O/c1-4-7-13-16-14(18-17-13)15(20)19(5-2)12-9-6-8-11(3)10-12/h6,8-10H,4-5,7H2,1-3H3,(H,16,17,18). The summed E-state index contributed by atoms with van der Waals surface area (Å²) < 4.78 is 0. The Labute approximate surface area is 119 Å². The van der Waals surface area contributed by atoms with Gasteiger partial charge in [-0.15, -0.1) is 5.10 Å². The van der Waals surface area contributed by atoms with Gasteiger partial charge in [0.2, 0.25) is 5.82 Å². The van der Waals surface area contributed by atoms with Crippen molar-refractivity contribution in [1.29, 1.82) is 0 Å². The number of aromatic amines is 1. The van der Waals surface area contributed by atoms with Gasteiger partial charge in [-0.05, 0) is 38.0 Å². The van der Waals surface area contributed by atoms with Crippen molar-refractivity contribution in [3.05, 3.63) is 41.5 Å². The number of benzene rings is 1. The summed E-state index contributed by atoms with van der Waals surface area (Å²) >= 11 is 0. The second-order valence-electron chi connectivity index (χ2n) is 4.74. The highest BCUT2D eigenvalue weighted by Crippen LogP contribution is 2.17. The number of hydrogen-bond donors (Lipinski definition) is 1. The molecule has 1 heterocycles. The van der Waals surface area contributed by atoms with Crippen molar-refractivity contribution in [3.8, 4) is 0 Å².